The van der Waals surface area contributed by atoms with Crippen molar-refractivity contribution in [2.75, 3.05) is 0 Å². The number of aryl methyl sites for hydroxylation is 1. The summed E-state index contributed by atoms with van der Waals surface area (Å²) < 4.78 is 7.88. The fourth-order valence-electron chi connectivity index (χ4n) is 4.93. The molecule has 1 unspecified atom stereocenters. The number of nitrogens with one attached hydrogen (secondary N) is 1. The number of aromatic nitrogens is 1. The summed E-state index contributed by atoms with van der Waals surface area (Å²) >= 11 is 6.32. The number of amides is 1. The molecule has 2 atom stereocenters. The SMILES string of the molecule is CCC(Oc1cc(Cn2c(C)c(C)c3cc(C(=O)N[C@@H](C)c4cccc(C(C)C)c4)ccc32)ccc1Cl)C(=O)O. The second-order valence-electron chi connectivity index (χ2n) is 10.7. The van der Waals surface area contributed by atoms with E-state index in [2.05, 4.69) is 49.7 Å². The number of fused-ring (bicyclic) bond motifs is 1. The first kappa shape index (κ1) is 29.2. The highest BCUT2D eigenvalue weighted by Crippen LogP contribution is 2.31. The molecule has 0 aliphatic carbocycles. The van der Waals surface area contributed by atoms with Crippen LogP contribution in [0.3, 0.4) is 0 Å². The number of carboxylic acids is 1. The summed E-state index contributed by atoms with van der Waals surface area (Å²) in [6.45, 7) is 12.7. The molecule has 1 aromatic heterocycles. The third-order valence-corrected chi connectivity index (χ3v) is 7.89. The lowest BCUT2D eigenvalue weighted by Crippen LogP contribution is -2.26. The molecule has 0 aliphatic heterocycles. The number of halogens is 1. The Hall–Kier alpha value is -3.77. The second kappa shape index (κ2) is 12.2. The van der Waals surface area contributed by atoms with Crippen LogP contribution in [0.2, 0.25) is 5.02 Å². The van der Waals surface area contributed by atoms with Crippen LogP contribution in [0.25, 0.3) is 10.9 Å². The third kappa shape index (κ3) is 6.18. The number of benzene rings is 3. The average molecular weight is 561 g/mol. The zero-order valence-corrected chi connectivity index (χ0v) is 24.7. The number of ether oxygens (including phenoxy) is 1. The fourth-order valence-corrected chi connectivity index (χ4v) is 5.09. The molecule has 1 amide bonds. The molecule has 0 fully saturated rings. The lowest BCUT2D eigenvalue weighted by Gasteiger charge is -2.17. The van der Waals surface area contributed by atoms with Gasteiger partial charge in [-0.15, -0.1) is 0 Å². The van der Waals surface area contributed by atoms with Crippen molar-refractivity contribution < 1.29 is 19.4 Å². The Morgan fingerprint density at radius 3 is 2.40 bits per heavy atom. The summed E-state index contributed by atoms with van der Waals surface area (Å²) in [7, 11) is 0. The van der Waals surface area contributed by atoms with E-state index in [4.69, 9.17) is 16.3 Å². The van der Waals surface area contributed by atoms with E-state index >= 15 is 0 Å². The molecule has 210 valence electrons. The van der Waals surface area contributed by atoms with Gasteiger partial charge in [-0.3, -0.25) is 4.79 Å². The van der Waals surface area contributed by atoms with Gasteiger partial charge in [0.25, 0.3) is 5.91 Å². The average Bonchev–Trinajstić information content (AvgIpc) is 3.17. The molecule has 2 N–H and O–H groups in total. The van der Waals surface area contributed by atoms with Gasteiger partial charge < -0.3 is 19.7 Å². The highest BCUT2D eigenvalue weighted by Gasteiger charge is 2.20. The highest BCUT2D eigenvalue weighted by atomic mass is 35.5. The summed E-state index contributed by atoms with van der Waals surface area (Å²) in [5, 5.41) is 13.9. The number of aliphatic carboxylic acids is 1. The summed E-state index contributed by atoms with van der Waals surface area (Å²) in [6.07, 6.45) is -0.634. The molecule has 4 rings (SSSR count). The van der Waals surface area contributed by atoms with Gasteiger partial charge in [0.15, 0.2) is 6.10 Å². The van der Waals surface area contributed by atoms with Gasteiger partial charge in [-0.2, -0.15) is 0 Å². The minimum atomic E-state index is -1.02. The molecular weight excluding hydrogens is 524 g/mol. The van der Waals surface area contributed by atoms with Crippen LogP contribution in [-0.4, -0.2) is 27.7 Å². The number of nitrogens with zero attached hydrogens (tertiary/aromatic N) is 1. The van der Waals surface area contributed by atoms with Crippen molar-refractivity contribution in [2.45, 2.75) is 72.6 Å². The Labute approximate surface area is 240 Å². The highest BCUT2D eigenvalue weighted by molar-refractivity contribution is 6.32. The van der Waals surface area contributed by atoms with Gasteiger partial charge in [0.05, 0.1) is 11.1 Å². The van der Waals surface area contributed by atoms with Crippen LogP contribution < -0.4 is 10.1 Å². The topological polar surface area (TPSA) is 80.6 Å². The smallest absolute Gasteiger partial charge is 0.344 e. The zero-order valence-electron chi connectivity index (χ0n) is 23.9. The Morgan fingerprint density at radius 2 is 1.73 bits per heavy atom. The van der Waals surface area contributed by atoms with Crippen LogP contribution in [0.1, 0.15) is 84.4 Å². The maximum Gasteiger partial charge on any atom is 0.344 e. The van der Waals surface area contributed by atoms with Crippen molar-refractivity contribution in [1.82, 2.24) is 9.88 Å². The molecule has 0 saturated heterocycles. The Balaban J connectivity index is 1.58. The zero-order chi connectivity index (χ0) is 29.1. The molecule has 0 aliphatic rings. The van der Waals surface area contributed by atoms with Crippen LogP contribution in [0.4, 0.5) is 0 Å². The van der Waals surface area contributed by atoms with Gasteiger partial charge in [-0.05, 0) is 85.7 Å². The standard InChI is InChI=1S/C33H37ClN2O4/c1-7-30(33(38)39)40-31-15-23(11-13-28(31)34)18-36-22(6)20(4)27-17-26(12-14-29(27)36)32(37)35-21(5)25-10-8-9-24(16-25)19(2)3/h8-17,19,21,30H,7,18H2,1-6H3,(H,35,37)(H,38,39)/t21-,30?/m0/s1. The monoisotopic (exact) mass is 560 g/mol. The van der Waals surface area contributed by atoms with Crippen molar-refractivity contribution in [3.63, 3.8) is 0 Å². The summed E-state index contributed by atoms with van der Waals surface area (Å²) in [4.78, 5) is 24.7. The number of rotatable bonds is 10. The van der Waals surface area contributed by atoms with E-state index in [1.807, 2.05) is 43.3 Å². The van der Waals surface area contributed by atoms with Crippen molar-refractivity contribution in [2.24, 2.45) is 0 Å². The normalized spacial score (nSPS) is 12.9. The van der Waals surface area contributed by atoms with Crippen LogP contribution in [0.5, 0.6) is 5.75 Å². The summed E-state index contributed by atoms with van der Waals surface area (Å²) in [6, 6.07) is 19.5. The molecule has 1 heterocycles. The van der Waals surface area contributed by atoms with Crippen LogP contribution in [0.15, 0.2) is 60.7 Å². The lowest BCUT2D eigenvalue weighted by molar-refractivity contribution is -0.145. The number of hydrogen-bond donors (Lipinski definition) is 2. The van der Waals surface area contributed by atoms with Gasteiger partial charge in [-0.1, -0.05) is 62.7 Å². The maximum atomic E-state index is 13.2. The maximum absolute atomic E-state index is 13.2. The van der Waals surface area contributed by atoms with E-state index in [1.54, 1.807) is 19.1 Å². The van der Waals surface area contributed by atoms with E-state index in [-0.39, 0.29) is 11.9 Å². The van der Waals surface area contributed by atoms with E-state index in [0.29, 0.717) is 35.2 Å². The van der Waals surface area contributed by atoms with E-state index in [0.717, 1.165) is 33.3 Å². The summed E-state index contributed by atoms with van der Waals surface area (Å²) in [5.41, 5.74) is 7.07. The number of carboxylic acid groups (broad SMARTS) is 1. The molecule has 40 heavy (non-hydrogen) atoms. The number of hydrogen-bond acceptors (Lipinski definition) is 3. The largest absolute Gasteiger partial charge is 0.479 e. The van der Waals surface area contributed by atoms with E-state index < -0.39 is 12.1 Å². The van der Waals surface area contributed by atoms with E-state index in [9.17, 15) is 14.7 Å². The van der Waals surface area contributed by atoms with Crippen LogP contribution >= 0.6 is 11.6 Å². The first-order chi connectivity index (χ1) is 19.0. The minimum Gasteiger partial charge on any atom is -0.479 e. The second-order valence-corrected chi connectivity index (χ2v) is 11.1. The van der Waals surface area contributed by atoms with Gasteiger partial charge >= 0.3 is 5.97 Å². The third-order valence-electron chi connectivity index (χ3n) is 7.58. The summed E-state index contributed by atoms with van der Waals surface area (Å²) in [5.74, 6) is -0.362. The molecule has 0 bridgehead atoms. The van der Waals surface area contributed by atoms with Crippen molar-refractivity contribution in [1.29, 1.82) is 0 Å². The van der Waals surface area contributed by atoms with E-state index in [1.165, 1.54) is 5.56 Å². The molecule has 4 aromatic rings. The number of carbonyl (C=O) groups is 2. The first-order valence-electron chi connectivity index (χ1n) is 13.7. The molecule has 3 aromatic carbocycles. The van der Waals surface area contributed by atoms with Gasteiger partial charge in [0.2, 0.25) is 0 Å². The van der Waals surface area contributed by atoms with Crippen molar-refractivity contribution >= 4 is 34.4 Å². The predicted octanol–water partition coefficient (Wildman–Crippen LogP) is 7.82. The number of carbonyl (C=O) groups excluding carboxylic acids is 1. The molecular formula is C33H37ClN2O4. The molecule has 7 heteroatoms. The van der Waals surface area contributed by atoms with Gasteiger partial charge in [0, 0.05) is 28.7 Å². The van der Waals surface area contributed by atoms with Crippen LogP contribution in [-0.2, 0) is 11.3 Å². The van der Waals surface area contributed by atoms with Crippen molar-refractivity contribution in [3.05, 3.63) is 99.2 Å². The van der Waals surface area contributed by atoms with Crippen LogP contribution in [0, 0.1) is 13.8 Å². The first-order valence-corrected chi connectivity index (χ1v) is 14.1. The molecule has 6 nitrogen and oxygen atoms in total. The van der Waals surface area contributed by atoms with Gasteiger partial charge in [-0.25, -0.2) is 4.79 Å². The molecule has 0 spiro atoms. The lowest BCUT2D eigenvalue weighted by atomic mass is 9.98. The predicted molar refractivity (Wildman–Crippen MR) is 161 cm³/mol. The Kier molecular flexibility index (Phi) is 8.89. The molecule has 0 saturated carbocycles. The quantitative estimate of drug-likeness (QED) is 0.207. The minimum absolute atomic E-state index is 0.113. The van der Waals surface area contributed by atoms with Gasteiger partial charge in [0.1, 0.15) is 5.75 Å². The Morgan fingerprint density at radius 1 is 1.00 bits per heavy atom. The fraction of sp³-hybridized carbons (Fsp3) is 0.333. The van der Waals surface area contributed by atoms with Crippen molar-refractivity contribution in [3.8, 4) is 5.75 Å². The molecule has 0 radical (unpaired) electrons. The Bertz CT molecular complexity index is 1560.